The Morgan fingerprint density at radius 1 is 1.00 bits per heavy atom. The summed E-state index contributed by atoms with van der Waals surface area (Å²) >= 11 is 0. The lowest BCUT2D eigenvalue weighted by atomic mass is 10.0. The van der Waals surface area contributed by atoms with Crippen LogP contribution in [0, 0.1) is 0 Å². The van der Waals surface area contributed by atoms with E-state index in [1.807, 2.05) is 36.4 Å². The van der Waals surface area contributed by atoms with Crippen molar-refractivity contribution in [1.29, 1.82) is 0 Å². The summed E-state index contributed by atoms with van der Waals surface area (Å²) in [5, 5.41) is 3.40. The van der Waals surface area contributed by atoms with E-state index < -0.39 is 0 Å². The number of ketones is 1. The van der Waals surface area contributed by atoms with Gasteiger partial charge in [0.2, 0.25) is 0 Å². The number of piperazine rings is 1. The first kappa shape index (κ1) is 17.7. The quantitative estimate of drug-likeness (QED) is 0.830. The maximum absolute atomic E-state index is 12.6. The second-order valence-corrected chi connectivity index (χ2v) is 7.18. The molecule has 0 amide bonds. The number of hydrogen-bond acceptors (Lipinski definition) is 5. The first-order valence-corrected chi connectivity index (χ1v) is 9.70. The molecule has 0 aliphatic carbocycles. The zero-order valence-corrected chi connectivity index (χ0v) is 15.6. The predicted octanol–water partition coefficient (Wildman–Crippen LogP) is 2.41. The van der Waals surface area contributed by atoms with Gasteiger partial charge in [-0.3, -0.25) is 4.79 Å². The molecule has 0 radical (unpaired) electrons. The van der Waals surface area contributed by atoms with Crippen LogP contribution in [-0.2, 0) is 6.54 Å². The number of rotatable bonds is 5. The molecule has 2 aromatic rings. The van der Waals surface area contributed by atoms with Gasteiger partial charge >= 0.3 is 0 Å². The van der Waals surface area contributed by atoms with Gasteiger partial charge in [0.1, 0.15) is 0 Å². The van der Waals surface area contributed by atoms with Crippen molar-refractivity contribution in [2.75, 3.05) is 32.7 Å². The normalized spacial score (nSPS) is 19.9. The largest absolute Gasteiger partial charge is 0.340 e. The molecule has 1 saturated heterocycles. The van der Waals surface area contributed by atoms with Crippen LogP contribution < -0.4 is 5.32 Å². The van der Waals surface area contributed by atoms with Crippen molar-refractivity contribution in [3.8, 4) is 0 Å². The van der Waals surface area contributed by atoms with Crippen molar-refractivity contribution in [2.24, 2.45) is 4.99 Å². The molecule has 2 aliphatic heterocycles. The molecular weight excluding hydrogens is 336 g/mol. The van der Waals surface area contributed by atoms with Crippen LogP contribution in [0.3, 0.4) is 0 Å². The van der Waals surface area contributed by atoms with Gasteiger partial charge in [-0.15, -0.1) is 0 Å². The fraction of sp³-hybridized carbons (Fsp3) is 0.364. The summed E-state index contributed by atoms with van der Waals surface area (Å²) in [5.74, 6) is 1.22. The monoisotopic (exact) mass is 362 g/mol. The van der Waals surface area contributed by atoms with Crippen LogP contribution in [0.2, 0.25) is 0 Å². The number of nitrogens with one attached hydrogen (secondary N) is 1. The molecule has 2 heterocycles. The van der Waals surface area contributed by atoms with Gasteiger partial charge in [0.05, 0.1) is 6.04 Å². The third-order valence-corrected chi connectivity index (χ3v) is 5.14. The molecular formula is C22H26N4O. The van der Waals surface area contributed by atoms with E-state index in [1.54, 1.807) is 0 Å². The molecule has 5 nitrogen and oxygen atoms in total. The van der Waals surface area contributed by atoms with Crippen molar-refractivity contribution in [2.45, 2.75) is 19.0 Å². The number of hydrogen-bond donors (Lipinski definition) is 1. The molecule has 1 fully saturated rings. The average Bonchev–Trinajstić information content (AvgIpc) is 3.12. The molecule has 1 unspecified atom stereocenters. The zero-order chi connectivity index (χ0) is 18.5. The molecule has 140 valence electrons. The molecule has 4 rings (SSSR count). The predicted molar refractivity (Wildman–Crippen MR) is 108 cm³/mol. The Hall–Kier alpha value is -2.66. The first-order valence-electron chi connectivity index (χ1n) is 9.70. The fourth-order valence-electron chi connectivity index (χ4n) is 3.77. The molecule has 0 spiro atoms. The van der Waals surface area contributed by atoms with Gasteiger partial charge in [-0.25, -0.2) is 4.99 Å². The highest BCUT2D eigenvalue weighted by Crippen LogP contribution is 2.20. The molecule has 2 aromatic carbocycles. The van der Waals surface area contributed by atoms with E-state index in [9.17, 15) is 4.79 Å². The van der Waals surface area contributed by atoms with E-state index in [-0.39, 0.29) is 11.8 Å². The summed E-state index contributed by atoms with van der Waals surface area (Å²) in [6.07, 6.45) is 0.463. The third kappa shape index (κ3) is 4.37. The lowest BCUT2D eigenvalue weighted by Crippen LogP contribution is -2.50. The molecule has 0 aromatic heterocycles. The summed E-state index contributed by atoms with van der Waals surface area (Å²) in [6.45, 7) is 5.51. The maximum atomic E-state index is 12.6. The van der Waals surface area contributed by atoms with E-state index in [1.165, 1.54) is 5.56 Å². The van der Waals surface area contributed by atoms with Crippen LogP contribution in [0.5, 0.6) is 0 Å². The van der Waals surface area contributed by atoms with Crippen molar-refractivity contribution in [1.82, 2.24) is 15.1 Å². The van der Waals surface area contributed by atoms with Crippen LogP contribution >= 0.6 is 0 Å². The minimum absolute atomic E-state index is 0.0197. The average molecular weight is 362 g/mol. The third-order valence-electron chi connectivity index (χ3n) is 5.14. The second-order valence-electron chi connectivity index (χ2n) is 7.18. The Balaban J connectivity index is 1.49. The van der Waals surface area contributed by atoms with E-state index in [0.29, 0.717) is 6.42 Å². The summed E-state index contributed by atoms with van der Waals surface area (Å²) in [6, 6.07) is 20.1. The molecule has 27 heavy (non-hydrogen) atoms. The highest BCUT2D eigenvalue weighted by Gasteiger charge is 2.31. The minimum atomic E-state index is 0.0197. The highest BCUT2D eigenvalue weighted by molar-refractivity contribution is 5.97. The Bertz CT molecular complexity index is 784. The van der Waals surface area contributed by atoms with E-state index in [4.69, 9.17) is 4.99 Å². The van der Waals surface area contributed by atoms with Gasteiger partial charge in [0.15, 0.2) is 11.7 Å². The first-order chi connectivity index (χ1) is 13.3. The van der Waals surface area contributed by atoms with Crippen molar-refractivity contribution in [3.05, 3.63) is 71.8 Å². The molecule has 1 atom stereocenters. The van der Waals surface area contributed by atoms with Crippen LogP contribution in [0.15, 0.2) is 65.7 Å². The van der Waals surface area contributed by atoms with E-state index >= 15 is 0 Å². The van der Waals surface area contributed by atoms with E-state index in [2.05, 4.69) is 39.4 Å². The molecule has 2 aliphatic rings. The second kappa shape index (κ2) is 8.35. The smallest absolute Gasteiger partial charge is 0.197 e. The Morgan fingerprint density at radius 3 is 2.37 bits per heavy atom. The number of aliphatic imine (C=N–C) groups is 1. The maximum Gasteiger partial charge on any atom is 0.197 e. The Labute approximate surface area is 160 Å². The van der Waals surface area contributed by atoms with Gasteiger partial charge in [0, 0.05) is 51.3 Å². The van der Waals surface area contributed by atoms with Crippen molar-refractivity contribution < 1.29 is 4.79 Å². The topological polar surface area (TPSA) is 47.9 Å². The minimum Gasteiger partial charge on any atom is -0.340 e. The SMILES string of the molecule is O=C(CC1CN(Cc2ccccc2)C(N2CCNCC2)=N1)c1ccccc1. The summed E-state index contributed by atoms with van der Waals surface area (Å²) in [7, 11) is 0. The van der Waals surface area contributed by atoms with Crippen LogP contribution in [0.25, 0.3) is 0 Å². The Kier molecular flexibility index (Phi) is 5.49. The van der Waals surface area contributed by atoms with Gasteiger partial charge in [-0.05, 0) is 5.56 Å². The van der Waals surface area contributed by atoms with Crippen LogP contribution in [-0.4, -0.2) is 60.3 Å². The van der Waals surface area contributed by atoms with Gasteiger partial charge in [-0.2, -0.15) is 0 Å². The van der Waals surface area contributed by atoms with Crippen LogP contribution in [0.4, 0.5) is 0 Å². The van der Waals surface area contributed by atoms with Gasteiger partial charge in [0.25, 0.3) is 0 Å². The van der Waals surface area contributed by atoms with E-state index in [0.717, 1.165) is 50.8 Å². The number of Topliss-reactive ketones (excluding diaryl/α,β-unsaturated/α-hetero) is 1. The van der Waals surface area contributed by atoms with Gasteiger partial charge < -0.3 is 15.1 Å². The van der Waals surface area contributed by atoms with Crippen molar-refractivity contribution >= 4 is 11.7 Å². The lowest BCUT2D eigenvalue weighted by molar-refractivity contribution is 0.0973. The number of carbonyl (C=O) groups is 1. The molecule has 1 N–H and O–H groups in total. The van der Waals surface area contributed by atoms with Gasteiger partial charge in [-0.1, -0.05) is 60.7 Å². The number of benzene rings is 2. The summed E-state index contributed by atoms with van der Waals surface area (Å²) in [4.78, 5) is 22.3. The summed E-state index contributed by atoms with van der Waals surface area (Å²) < 4.78 is 0. The highest BCUT2D eigenvalue weighted by atomic mass is 16.1. The van der Waals surface area contributed by atoms with Crippen molar-refractivity contribution in [3.63, 3.8) is 0 Å². The molecule has 5 heteroatoms. The Morgan fingerprint density at radius 2 is 1.67 bits per heavy atom. The lowest BCUT2D eigenvalue weighted by Gasteiger charge is -2.33. The number of guanidine groups is 1. The van der Waals surface area contributed by atoms with Crippen LogP contribution in [0.1, 0.15) is 22.3 Å². The molecule has 0 saturated carbocycles. The fourth-order valence-corrected chi connectivity index (χ4v) is 3.77. The molecule has 0 bridgehead atoms. The number of nitrogens with zero attached hydrogens (tertiary/aromatic N) is 3. The standard InChI is InChI=1S/C22H26N4O/c27-21(19-9-5-2-6-10-19)15-20-17-26(16-18-7-3-1-4-8-18)22(24-20)25-13-11-23-12-14-25/h1-10,20,23H,11-17H2. The number of carbonyl (C=O) groups excluding carboxylic acids is 1. The summed E-state index contributed by atoms with van der Waals surface area (Å²) in [5.41, 5.74) is 2.05. The zero-order valence-electron chi connectivity index (χ0n) is 15.6.